The molecule has 2 rings (SSSR count). The van der Waals surface area contributed by atoms with Crippen LogP contribution in [0.15, 0.2) is 24.4 Å². The Kier molecular flexibility index (Phi) is 3.10. The van der Waals surface area contributed by atoms with E-state index >= 15 is 0 Å². The van der Waals surface area contributed by atoms with Crippen molar-refractivity contribution in [2.75, 3.05) is 7.11 Å². The predicted molar refractivity (Wildman–Crippen MR) is 65.8 cm³/mol. The average molecular weight is 249 g/mol. The van der Waals surface area contributed by atoms with Crippen molar-refractivity contribution < 1.29 is 14.6 Å². The number of benzene rings is 1. The van der Waals surface area contributed by atoms with E-state index in [0.29, 0.717) is 10.8 Å². The highest BCUT2D eigenvalue weighted by atomic mass is 32.1. The first-order valence-corrected chi connectivity index (χ1v) is 5.77. The molecule has 0 bridgehead atoms. The minimum absolute atomic E-state index is 0.225. The summed E-state index contributed by atoms with van der Waals surface area (Å²) < 4.78 is 5.27. The summed E-state index contributed by atoms with van der Waals surface area (Å²) in [6, 6.07) is 5.73. The van der Waals surface area contributed by atoms with Crippen LogP contribution in [-0.4, -0.2) is 23.2 Å². The van der Waals surface area contributed by atoms with Crippen molar-refractivity contribution in [3.05, 3.63) is 34.8 Å². The molecule has 0 atom stereocenters. The quantitative estimate of drug-likeness (QED) is 0.908. The molecule has 0 fully saturated rings. The summed E-state index contributed by atoms with van der Waals surface area (Å²) in [5.74, 6) is -0.254. The van der Waals surface area contributed by atoms with Gasteiger partial charge in [-0.1, -0.05) is 6.07 Å². The van der Waals surface area contributed by atoms with Crippen molar-refractivity contribution in [1.82, 2.24) is 4.98 Å². The highest BCUT2D eigenvalue weighted by Crippen LogP contribution is 2.33. The van der Waals surface area contributed by atoms with E-state index in [2.05, 4.69) is 4.98 Å². The van der Waals surface area contributed by atoms with Gasteiger partial charge >= 0.3 is 5.97 Å². The van der Waals surface area contributed by atoms with Gasteiger partial charge in [-0.25, -0.2) is 9.78 Å². The molecule has 0 saturated heterocycles. The smallest absolute Gasteiger partial charge is 0.347 e. The first-order valence-electron chi connectivity index (χ1n) is 4.96. The lowest BCUT2D eigenvalue weighted by Gasteiger charge is -2.06. The third kappa shape index (κ3) is 2.29. The molecule has 0 aliphatic rings. The molecule has 1 aromatic heterocycles. The van der Waals surface area contributed by atoms with Crippen LogP contribution in [0.3, 0.4) is 0 Å². The van der Waals surface area contributed by atoms with Crippen LogP contribution in [0.1, 0.15) is 15.2 Å². The number of nitrogens with zero attached hydrogens (tertiary/aromatic N) is 1. The second-order valence-corrected chi connectivity index (χ2v) is 4.57. The summed E-state index contributed by atoms with van der Waals surface area (Å²) in [5.41, 5.74) is 1.90. The van der Waals surface area contributed by atoms with Gasteiger partial charge in [0.05, 0.1) is 18.9 Å². The van der Waals surface area contributed by atoms with E-state index in [9.17, 15) is 4.79 Å². The first-order chi connectivity index (χ1) is 8.11. The fourth-order valence-corrected chi connectivity index (χ4v) is 2.26. The number of ether oxygens (including phenoxy) is 1. The van der Waals surface area contributed by atoms with Crippen LogP contribution in [0.4, 0.5) is 0 Å². The number of rotatable bonds is 3. The van der Waals surface area contributed by atoms with Crippen LogP contribution in [-0.2, 0) is 0 Å². The fourth-order valence-electron chi connectivity index (χ4n) is 1.47. The Labute approximate surface area is 103 Å². The molecule has 88 valence electrons. The lowest BCUT2D eigenvalue weighted by Crippen LogP contribution is -1.89. The number of hydrogen-bond acceptors (Lipinski definition) is 4. The summed E-state index contributed by atoms with van der Waals surface area (Å²) in [5, 5.41) is 9.51. The molecule has 1 N–H and O–H groups in total. The zero-order valence-electron chi connectivity index (χ0n) is 9.43. The molecule has 1 heterocycles. The van der Waals surface area contributed by atoms with Crippen molar-refractivity contribution in [3.63, 3.8) is 0 Å². The van der Waals surface area contributed by atoms with Gasteiger partial charge in [-0.05, 0) is 24.6 Å². The van der Waals surface area contributed by atoms with Crippen LogP contribution in [0, 0.1) is 6.92 Å². The number of hydrogen-bond donors (Lipinski definition) is 1. The van der Waals surface area contributed by atoms with Gasteiger partial charge in [0.1, 0.15) is 15.6 Å². The van der Waals surface area contributed by atoms with Crippen molar-refractivity contribution in [2.24, 2.45) is 0 Å². The number of aromatic nitrogens is 1. The number of thiazole rings is 1. The Balaban J connectivity index is 2.48. The van der Waals surface area contributed by atoms with E-state index < -0.39 is 5.97 Å². The average Bonchev–Trinajstić information content (AvgIpc) is 2.78. The number of aromatic carboxylic acids is 1. The van der Waals surface area contributed by atoms with E-state index in [1.54, 1.807) is 7.11 Å². The minimum atomic E-state index is -0.958. The Hall–Kier alpha value is -1.88. The molecule has 0 aliphatic carbocycles. The Morgan fingerprint density at radius 1 is 1.47 bits per heavy atom. The molecule has 0 radical (unpaired) electrons. The zero-order chi connectivity index (χ0) is 12.4. The van der Waals surface area contributed by atoms with E-state index in [1.165, 1.54) is 6.20 Å². The summed E-state index contributed by atoms with van der Waals surface area (Å²) in [6.07, 6.45) is 1.36. The van der Waals surface area contributed by atoms with Crippen molar-refractivity contribution in [1.29, 1.82) is 0 Å². The fraction of sp³-hybridized carbons (Fsp3) is 0.167. The maximum atomic E-state index is 10.8. The molecule has 1 aromatic carbocycles. The van der Waals surface area contributed by atoms with Crippen LogP contribution in [0.5, 0.6) is 5.75 Å². The number of carbonyl (C=O) groups is 1. The van der Waals surface area contributed by atoms with Gasteiger partial charge < -0.3 is 9.84 Å². The van der Waals surface area contributed by atoms with Gasteiger partial charge in [0, 0.05) is 0 Å². The SMILES string of the molecule is COc1cc(C)ccc1-c1ncc(C(=O)O)s1. The topological polar surface area (TPSA) is 59.4 Å². The van der Waals surface area contributed by atoms with Crippen molar-refractivity contribution in [3.8, 4) is 16.3 Å². The standard InChI is InChI=1S/C12H11NO3S/c1-7-3-4-8(9(5-7)16-2)11-13-6-10(17-11)12(14)15/h3-6H,1-2H3,(H,14,15). The maximum absolute atomic E-state index is 10.8. The summed E-state index contributed by atoms with van der Waals surface area (Å²) in [7, 11) is 1.59. The number of aryl methyl sites for hydroxylation is 1. The van der Waals surface area contributed by atoms with Gasteiger partial charge in [0.15, 0.2) is 0 Å². The molecule has 5 heteroatoms. The Morgan fingerprint density at radius 2 is 2.24 bits per heavy atom. The van der Waals surface area contributed by atoms with E-state index in [1.807, 2.05) is 25.1 Å². The molecule has 0 spiro atoms. The highest BCUT2D eigenvalue weighted by Gasteiger charge is 2.13. The number of carboxylic acid groups (broad SMARTS) is 1. The summed E-state index contributed by atoms with van der Waals surface area (Å²) in [4.78, 5) is 15.1. The normalized spacial score (nSPS) is 10.2. The minimum Gasteiger partial charge on any atom is -0.496 e. The van der Waals surface area contributed by atoms with Crippen LogP contribution < -0.4 is 4.74 Å². The highest BCUT2D eigenvalue weighted by molar-refractivity contribution is 7.16. The van der Waals surface area contributed by atoms with E-state index in [0.717, 1.165) is 22.5 Å². The molecule has 0 saturated carbocycles. The van der Waals surface area contributed by atoms with Gasteiger partial charge in [-0.3, -0.25) is 0 Å². The molecular weight excluding hydrogens is 238 g/mol. The molecule has 0 amide bonds. The summed E-state index contributed by atoms with van der Waals surface area (Å²) in [6.45, 7) is 1.97. The van der Waals surface area contributed by atoms with Crippen LogP contribution >= 0.6 is 11.3 Å². The molecule has 0 unspecified atom stereocenters. The van der Waals surface area contributed by atoms with Crippen LogP contribution in [0.2, 0.25) is 0 Å². The largest absolute Gasteiger partial charge is 0.496 e. The molecule has 2 aromatic rings. The van der Waals surface area contributed by atoms with Crippen molar-refractivity contribution in [2.45, 2.75) is 6.92 Å². The van der Waals surface area contributed by atoms with Gasteiger partial charge in [-0.2, -0.15) is 0 Å². The van der Waals surface area contributed by atoms with Gasteiger partial charge in [-0.15, -0.1) is 11.3 Å². The first kappa shape index (κ1) is 11.6. The molecule has 17 heavy (non-hydrogen) atoms. The summed E-state index contributed by atoms with van der Waals surface area (Å²) >= 11 is 1.14. The number of carboxylic acids is 1. The lowest BCUT2D eigenvalue weighted by atomic mass is 10.1. The van der Waals surface area contributed by atoms with Gasteiger partial charge in [0.25, 0.3) is 0 Å². The Morgan fingerprint density at radius 3 is 2.82 bits per heavy atom. The molecular formula is C12H11NO3S. The van der Waals surface area contributed by atoms with E-state index in [-0.39, 0.29) is 4.88 Å². The maximum Gasteiger partial charge on any atom is 0.347 e. The van der Waals surface area contributed by atoms with Gasteiger partial charge in [0.2, 0.25) is 0 Å². The Bertz CT molecular complexity index is 563. The lowest BCUT2D eigenvalue weighted by molar-refractivity contribution is 0.0702. The monoisotopic (exact) mass is 249 g/mol. The molecule has 0 aliphatic heterocycles. The van der Waals surface area contributed by atoms with Crippen LogP contribution in [0.25, 0.3) is 10.6 Å². The number of methoxy groups -OCH3 is 1. The molecule has 4 nitrogen and oxygen atoms in total. The van der Waals surface area contributed by atoms with E-state index in [4.69, 9.17) is 9.84 Å². The zero-order valence-corrected chi connectivity index (χ0v) is 10.2. The second kappa shape index (κ2) is 4.55. The predicted octanol–water partition coefficient (Wildman–Crippen LogP) is 2.83. The van der Waals surface area contributed by atoms with Crippen molar-refractivity contribution >= 4 is 17.3 Å². The second-order valence-electron chi connectivity index (χ2n) is 3.54. The third-order valence-electron chi connectivity index (χ3n) is 2.30. The third-order valence-corrected chi connectivity index (χ3v) is 3.32.